The first-order valence-corrected chi connectivity index (χ1v) is 12.9. The zero-order chi connectivity index (χ0) is 22.8. The quantitative estimate of drug-likeness (QED) is 0.713. The summed E-state index contributed by atoms with van der Waals surface area (Å²) in [4.78, 5) is 13.1. The van der Waals surface area contributed by atoms with Crippen LogP contribution in [-0.4, -0.2) is 53.0 Å². The number of carbonyl (C=O) groups is 1. The molecule has 1 fully saturated rings. The summed E-state index contributed by atoms with van der Waals surface area (Å²) in [7, 11) is -3.55. The number of ether oxygens (including phenoxy) is 2. The van der Waals surface area contributed by atoms with Gasteiger partial charge in [-0.15, -0.1) is 0 Å². The second-order valence-electron chi connectivity index (χ2n) is 8.32. The van der Waals surface area contributed by atoms with Crippen molar-refractivity contribution in [3.63, 3.8) is 0 Å². The Kier molecular flexibility index (Phi) is 6.65. The lowest BCUT2D eigenvalue weighted by Crippen LogP contribution is -2.48. The summed E-state index contributed by atoms with van der Waals surface area (Å²) in [6, 6.07) is 14.9. The molecule has 2 aliphatic rings. The number of hydrogen-bond acceptors (Lipinski definition) is 5. The number of anilines is 1. The van der Waals surface area contributed by atoms with Crippen LogP contribution >= 0.6 is 11.6 Å². The van der Waals surface area contributed by atoms with Crippen LogP contribution in [0.15, 0.2) is 48.5 Å². The van der Waals surface area contributed by atoms with Gasteiger partial charge in [-0.05, 0) is 36.6 Å². The molecule has 9 heteroatoms. The van der Waals surface area contributed by atoms with Crippen LogP contribution in [0.3, 0.4) is 0 Å². The molecule has 172 valence electrons. The van der Waals surface area contributed by atoms with Crippen molar-refractivity contribution in [3.8, 4) is 5.75 Å². The van der Waals surface area contributed by atoms with Crippen molar-refractivity contribution < 1.29 is 22.7 Å². The SMILES string of the molecule is CS(=O)(=O)N1CC[C@@H](C(=O)NCC2(c3ccccc3)CCOCC2)Oc2ccc(Cl)cc21. The molecule has 7 nitrogen and oxygen atoms in total. The molecule has 2 aromatic carbocycles. The average molecular weight is 479 g/mol. The van der Waals surface area contributed by atoms with Crippen molar-refractivity contribution in [3.05, 3.63) is 59.1 Å². The fraction of sp³-hybridized carbons (Fsp3) is 0.435. The molecule has 1 N–H and O–H groups in total. The summed E-state index contributed by atoms with van der Waals surface area (Å²) in [5.41, 5.74) is 1.32. The summed E-state index contributed by atoms with van der Waals surface area (Å²) in [6.45, 7) is 1.87. The van der Waals surface area contributed by atoms with Gasteiger partial charge in [0.1, 0.15) is 5.75 Å². The maximum Gasteiger partial charge on any atom is 0.261 e. The van der Waals surface area contributed by atoms with E-state index < -0.39 is 16.1 Å². The first-order valence-electron chi connectivity index (χ1n) is 10.6. The van der Waals surface area contributed by atoms with Gasteiger partial charge < -0.3 is 14.8 Å². The standard InChI is InChI=1S/C23H27ClN2O5S/c1-32(28,29)26-12-9-21(31-20-8-7-18(24)15-19(20)26)22(27)25-16-23(10-13-30-14-11-23)17-5-3-2-4-6-17/h2-8,15,21H,9-14,16H2,1H3,(H,25,27)/t21-/m0/s1. The third kappa shape index (κ3) is 4.87. The Labute approximate surface area is 193 Å². The number of carbonyl (C=O) groups excluding carboxylic acids is 1. The Hall–Kier alpha value is -2.29. The third-order valence-electron chi connectivity index (χ3n) is 6.18. The molecule has 0 aliphatic carbocycles. The molecule has 0 radical (unpaired) electrons. The molecular formula is C23H27ClN2O5S. The average Bonchev–Trinajstić information content (AvgIpc) is 2.98. The van der Waals surface area contributed by atoms with E-state index >= 15 is 0 Å². The first-order chi connectivity index (χ1) is 15.3. The van der Waals surface area contributed by atoms with Gasteiger partial charge in [-0.25, -0.2) is 8.42 Å². The number of halogens is 1. The van der Waals surface area contributed by atoms with E-state index in [0.29, 0.717) is 36.2 Å². The lowest BCUT2D eigenvalue weighted by molar-refractivity contribution is -0.128. The molecule has 2 aromatic rings. The molecule has 1 saturated heterocycles. The van der Waals surface area contributed by atoms with Crippen molar-refractivity contribution in [2.24, 2.45) is 0 Å². The minimum Gasteiger partial charge on any atom is -0.478 e. The van der Waals surface area contributed by atoms with Gasteiger partial charge in [-0.1, -0.05) is 41.9 Å². The Morgan fingerprint density at radius 1 is 1.19 bits per heavy atom. The van der Waals surface area contributed by atoms with Crippen LogP contribution < -0.4 is 14.4 Å². The number of benzene rings is 2. The lowest BCUT2D eigenvalue weighted by atomic mass is 9.74. The largest absolute Gasteiger partial charge is 0.478 e. The number of fused-ring (bicyclic) bond motifs is 1. The van der Waals surface area contributed by atoms with E-state index in [0.717, 1.165) is 19.1 Å². The van der Waals surface area contributed by atoms with Crippen LogP contribution in [0.25, 0.3) is 0 Å². The van der Waals surface area contributed by atoms with Gasteiger partial charge in [-0.3, -0.25) is 9.10 Å². The molecular weight excluding hydrogens is 452 g/mol. The van der Waals surface area contributed by atoms with E-state index in [1.54, 1.807) is 18.2 Å². The third-order valence-corrected chi connectivity index (χ3v) is 7.60. The fourth-order valence-electron chi connectivity index (χ4n) is 4.37. The Morgan fingerprint density at radius 3 is 2.59 bits per heavy atom. The van der Waals surface area contributed by atoms with Crippen molar-refractivity contribution in [1.82, 2.24) is 5.32 Å². The summed E-state index contributed by atoms with van der Waals surface area (Å²) in [5.74, 6) is 0.0596. The number of nitrogens with zero attached hydrogens (tertiary/aromatic N) is 1. The summed E-state index contributed by atoms with van der Waals surface area (Å²) < 4.78 is 37.5. The number of hydrogen-bond donors (Lipinski definition) is 1. The monoisotopic (exact) mass is 478 g/mol. The van der Waals surface area contributed by atoms with Crippen LogP contribution in [-0.2, 0) is 25.0 Å². The molecule has 0 unspecified atom stereocenters. The van der Waals surface area contributed by atoms with Gasteiger partial charge in [0.05, 0.1) is 11.9 Å². The summed E-state index contributed by atoms with van der Waals surface area (Å²) in [6.07, 6.45) is 2.17. The molecule has 1 amide bonds. The first kappa shape index (κ1) is 22.9. The van der Waals surface area contributed by atoms with Crippen LogP contribution in [0.1, 0.15) is 24.8 Å². The molecule has 4 rings (SSSR count). The summed E-state index contributed by atoms with van der Waals surface area (Å²) >= 11 is 6.09. The van der Waals surface area contributed by atoms with Crippen LogP contribution in [0.5, 0.6) is 5.75 Å². The second-order valence-corrected chi connectivity index (χ2v) is 10.7. The van der Waals surface area contributed by atoms with Gasteiger partial charge >= 0.3 is 0 Å². The van der Waals surface area contributed by atoms with E-state index in [9.17, 15) is 13.2 Å². The van der Waals surface area contributed by atoms with Crippen molar-refractivity contribution >= 4 is 33.2 Å². The number of sulfonamides is 1. The van der Waals surface area contributed by atoms with Gasteiger partial charge in [0.2, 0.25) is 10.0 Å². The molecule has 2 heterocycles. The minimum atomic E-state index is -3.55. The molecule has 32 heavy (non-hydrogen) atoms. The van der Waals surface area contributed by atoms with Crippen molar-refractivity contribution in [1.29, 1.82) is 0 Å². The summed E-state index contributed by atoms with van der Waals surface area (Å²) in [5, 5.41) is 3.47. The number of nitrogens with one attached hydrogen (secondary N) is 1. The van der Waals surface area contributed by atoms with Gasteiger partial charge in [0.15, 0.2) is 6.10 Å². The fourth-order valence-corrected chi connectivity index (χ4v) is 5.48. The van der Waals surface area contributed by atoms with Gasteiger partial charge in [0.25, 0.3) is 5.91 Å². The maximum absolute atomic E-state index is 13.1. The topological polar surface area (TPSA) is 84.9 Å². The van der Waals surface area contributed by atoms with E-state index in [1.165, 1.54) is 9.87 Å². The Morgan fingerprint density at radius 2 is 1.91 bits per heavy atom. The Bertz CT molecular complexity index is 1070. The molecule has 0 saturated carbocycles. The highest BCUT2D eigenvalue weighted by atomic mass is 35.5. The van der Waals surface area contributed by atoms with Crippen molar-refractivity contribution in [2.45, 2.75) is 30.8 Å². The van der Waals surface area contributed by atoms with Crippen LogP contribution in [0, 0.1) is 0 Å². The second kappa shape index (κ2) is 9.29. The number of rotatable bonds is 5. The van der Waals surface area contributed by atoms with E-state index in [1.807, 2.05) is 18.2 Å². The maximum atomic E-state index is 13.1. The smallest absolute Gasteiger partial charge is 0.261 e. The van der Waals surface area contributed by atoms with E-state index in [2.05, 4.69) is 17.4 Å². The highest BCUT2D eigenvalue weighted by Crippen LogP contribution is 2.37. The van der Waals surface area contributed by atoms with Crippen LogP contribution in [0.4, 0.5) is 5.69 Å². The molecule has 0 aromatic heterocycles. The van der Waals surface area contributed by atoms with Gasteiger partial charge in [-0.2, -0.15) is 0 Å². The minimum absolute atomic E-state index is 0.127. The van der Waals surface area contributed by atoms with Gasteiger partial charge in [0, 0.05) is 43.2 Å². The van der Waals surface area contributed by atoms with Crippen LogP contribution in [0.2, 0.25) is 5.02 Å². The predicted molar refractivity (Wildman–Crippen MR) is 124 cm³/mol. The molecule has 2 aliphatic heterocycles. The molecule has 0 bridgehead atoms. The van der Waals surface area contributed by atoms with E-state index in [-0.39, 0.29) is 24.3 Å². The Balaban J connectivity index is 1.53. The zero-order valence-corrected chi connectivity index (χ0v) is 19.5. The molecule has 1 atom stereocenters. The number of amides is 1. The highest BCUT2D eigenvalue weighted by Gasteiger charge is 2.37. The lowest BCUT2D eigenvalue weighted by Gasteiger charge is -2.38. The predicted octanol–water partition coefficient (Wildman–Crippen LogP) is 3.12. The van der Waals surface area contributed by atoms with E-state index in [4.69, 9.17) is 21.1 Å². The normalized spacial score (nSPS) is 20.6. The highest BCUT2D eigenvalue weighted by molar-refractivity contribution is 7.92. The molecule has 0 spiro atoms. The van der Waals surface area contributed by atoms with Crippen molar-refractivity contribution in [2.75, 3.05) is 36.9 Å². The zero-order valence-electron chi connectivity index (χ0n) is 17.9.